The molecule has 9 unspecified atom stereocenters. The molecule has 57 heavy (non-hydrogen) atoms. The zero-order valence-corrected chi connectivity index (χ0v) is 31.4. The van der Waals surface area contributed by atoms with Gasteiger partial charge in [-0.05, 0) is 24.0 Å². The number of nitrogens with zero attached hydrogens (tertiary/aromatic N) is 1. The Morgan fingerprint density at radius 1 is 0.772 bits per heavy atom. The molecular formula is C38H50N4O15. The summed E-state index contributed by atoms with van der Waals surface area (Å²) in [6.45, 7) is 1.64. The molecule has 1 aliphatic carbocycles. The first kappa shape index (κ1) is 41.0. The van der Waals surface area contributed by atoms with Crippen molar-refractivity contribution in [3.8, 4) is 0 Å². The molecule has 0 aromatic heterocycles. The Bertz CT molecular complexity index is 1680. The van der Waals surface area contributed by atoms with E-state index in [1.54, 1.807) is 55.5 Å². The Morgan fingerprint density at radius 2 is 1.39 bits per heavy atom. The summed E-state index contributed by atoms with van der Waals surface area (Å²) in [6, 6.07) is 14.2. The van der Waals surface area contributed by atoms with Crippen molar-refractivity contribution in [1.82, 2.24) is 15.5 Å². The molecule has 4 aliphatic heterocycles. The van der Waals surface area contributed by atoms with Crippen LogP contribution in [0.2, 0.25) is 0 Å². The van der Waals surface area contributed by atoms with Gasteiger partial charge in [0.1, 0.15) is 55.9 Å². The SMILES string of the molecule is C[C@H]1C[C@@H]2OC(OC3OC[C@@H](N)C(O)C3O)C3C(OC(=O)N3C)C2O[C@@H]1O[C@@H]1C(NC(=O)OCc2ccccc2)C[C@@H](NC(=O)OCc2ccccc2)C(O)[C@H]1O. The number of fused-ring (bicyclic) bond motifs is 3. The first-order valence-corrected chi connectivity index (χ1v) is 19.0. The number of hydrogen-bond acceptors (Lipinski definition) is 16. The minimum atomic E-state index is -1.65. The molecule has 3 amide bonds. The van der Waals surface area contributed by atoms with Gasteiger partial charge in [0, 0.05) is 13.0 Å². The Kier molecular flexibility index (Phi) is 12.8. The van der Waals surface area contributed by atoms with Crippen LogP contribution in [0.15, 0.2) is 60.7 Å². The number of rotatable bonds is 10. The van der Waals surface area contributed by atoms with E-state index < -0.39 is 116 Å². The molecule has 312 valence electrons. The number of aliphatic hydroxyl groups is 4. The fourth-order valence-corrected chi connectivity index (χ4v) is 7.89. The lowest BCUT2D eigenvalue weighted by molar-refractivity contribution is -0.369. The lowest BCUT2D eigenvalue weighted by Gasteiger charge is -2.50. The van der Waals surface area contributed by atoms with Crippen molar-refractivity contribution in [3.05, 3.63) is 71.8 Å². The molecular weight excluding hydrogens is 752 g/mol. The summed E-state index contributed by atoms with van der Waals surface area (Å²) in [5.74, 6) is -0.437. The highest BCUT2D eigenvalue weighted by Crippen LogP contribution is 2.42. The summed E-state index contributed by atoms with van der Waals surface area (Å²) in [7, 11) is 1.49. The number of carbonyl (C=O) groups excluding carboxylic acids is 3. The van der Waals surface area contributed by atoms with Gasteiger partial charge in [-0.15, -0.1) is 0 Å². The monoisotopic (exact) mass is 802 g/mol. The number of carbonyl (C=O) groups is 3. The Morgan fingerprint density at radius 3 is 2.02 bits per heavy atom. The van der Waals surface area contributed by atoms with Gasteiger partial charge in [-0.2, -0.15) is 0 Å². The zero-order valence-electron chi connectivity index (χ0n) is 31.4. The Hall–Kier alpha value is -4.15. The van der Waals surface area contributed by atoms with Crippen LogP contribution in [0.25, 0.3) is 0 Å². The third kappa shape index (κ3) is 9.12. The second-order valence-corrected chi connectivity index (χ2v) is 15.1. The molecule has 5 aliphatic rings. The van der Waals surface area contributed by atoms with Gasteiger partial charge >= 0.3 is 18.3 Å². The van der Waals surface area contributed by atoms with Crippen LogP contribution in [0.4, 0.5) is 14.4 Å². The topological polar surface area (TPSA) is 259 Å². The van der Waals surface area contributed by atoms with Crippen LogP contribution >= 0.6 is 0 Å². The van der Waals surface area contributed by atoms with Crippen molar-refractivity contribution in [2.24, 2.45) is 11.7 Å². The molecule has 0 bridgehead atoms. The minimum Gasteiger partial charge on any atom is -0.445 e. The van der Waals surface area contributed by atoms with E-state index in [1.807, 2.05) is 12.1 Å². The number of nitrogens with two attached hydrogens (primary N) is 1. The molecule has 0 radical (unpaired) electrons. The molecule has 19 nitrogen and oxygen atoms in total. The van der Waals surface area contributed by atoms with E-state index in [4.69, 9.17) is 43.6 Å². The molecule has 19 heteroatoms. The first-order chi connectivity index (χ1) is 27.4. The zero-order chi connectivity index (χ0) is 40.4. The van der Waals surface area contributed by atoms with Gasteiger partial charge in [0.05, 0.1) is 30.8 Å². The number of hydrogen-bond donors (Lipinski definition) is 7. The Labute approximate surface area is 328 Å². The summed E-state index contributed by atoms with van der Waals surface area (Å²) in [6.07, 6.45) is -15.6. The molecule has 5 fully saturated rings. The van der Waals surface area contributed by atoms with E-state index >= 15 is 0 Å². The van der Waals surface area contributed by atoms with E-state index in [2.05, 4.69) is 10.6 Å². The van der Waals surface area contributed by atoms with Crippen molar-refractivity contribution in [2.45, 2.75) is 125 Å². The summed E-state index contributed by atoms with van der Waals surface area (Å²) >= 11 is 0. The summed E-state index contributed by atoms with van der Waals surface area (Å²) in [5.41, 5.74) is 7.29. The third-order valence-electron chi connectivity index (χ3n) is 11.1. The van der Waals surface area contributed by atoms with Crippen LogP contribution in [0, 0.1) is 5.92 Å². The number of nitrogens with one attached hydrogen (secondary N) is 2. The van der Waals surface area contributed by atoms with Crippen LogP contribution in [-0.2, 0) is 51.1 Å². The van der Waals surface area contributed by atoms with E-state index in [0.717, 1.165) is 11.1 Å². The van der Waals surface area contributed by atoms with E-state index in [0.29, 0.717) is 0 Å². The maximum atomic E-state index is 13.2. The van der Waals surface area contributed by atoms with Crippen LogP contribution in [0.1, 0.15) is 30.9 Å². The number of alkyl carbamates (subject to hydrolysis) is 2. The molecule has 7 rings (SSSR count). The van der Waals surface area contributed by atoms with E-state index in [1.165, 1.54) is 11.9 Å². The highest BCUT2D eigenvalue weighted by Gasteiger charge is 2.60. The summed E-state index contributed by atoms with van der Waals surface area (Å²) < 4.78 is 47.3. The van der Waals surface area contributed by atoms with Crippen molar-refractivity contribution >= 4 is 18.3 Å². The van der Waals surface area contributed by atoms with Gasteiger partial charge in [0.2, 0.25) is 0 Å². The van der Waals surface area contributed by atoms with Crippen molar-refractivity contribution < 1.29 is 72.7 Å². The average Bonchev–Trinajstić information content (AvgIpc) is 3.51. The number of ether oxygens (including phenoxy) is 8. The quantitative estimate of drug-likeness (QED) is 0.154. The molecule has 2 aromatic carbocycles. The fourth-order valence-electron chi connectivity index (χ4n) is 7.89. The average molecular weight is 803 g/mol. The molecule has 16 atom stereocenters. The fraction of sp³-hybridized carbons (Fsp3) is 0.605. The van der Waals surface area contributed by atoms with Gasteiger partial charge in [-0.3, -0.25) is 4.90 Å². The highest BCUT2D eigenvalue weighted by molar-refractivity contribution is 5.71. The Balaban J connectivity index is 1.05. The maximum absolute atomic E-state index is 13.2. The van der Waals surface area contributed by atoms with Crippen molar-refractivity contribution in [3.63, 3.8) is 0 Å². The van der Waals surface area contributed by atoms with Gasteiger partial charge in [-0.1, -0.05) is 67.6 Å². The standard InChI is InChI=1S/C38H50N4O15/c1-18-13-24-31(32-25(42(2)38(49)56-32)34(53-24)57-35-29(46)26(43)21(39)17-50-35)55-33(18)54-30-23(41-37(48)52-16-20-11-7-4-8-12-20)14-22(27(44)28(30)45)40-36(47)51-15-19-9-5-3-6-10-19/h3-12,18,21-35,43-46H,13-17,39H2,1-2H3,(H,40,47)(H,41,48)/t18-,21+,22+,23?,24-,25?,26?,27?,28+,29?,30+,31?,32?,33-,34?,35?/m0/s1. The molecule has 4 heterocycles. The van der Waals surface area contributed by atoms with Gasteiger partial charge < -0.3 is 74.7 Å². The van der Waals surface area contributed by atoms with Crippen LogP contribution in [0.3, 0.4) is 0 Å². The van der Waals surface area contributed by atoms with Crippen molar-refractivity contribution in [1.29, 1.82) is 0 Å². The second-order valence-electron chi connectivity index (χ2n) is 15.1. The van der Waals surface area contributed by atoms with E-state index in [-0.39, 0.29) is 32.7 Å². The molecule has 2 aromatic rings. The normalized spacial score (nSPS) is 38.9. The van der Waals surface area contributed by atoms with Gasteiger partial charge in [-0.25, -0.2) is 14.4 Å². The largest absolute Gasteiger partial charge is 0.445 e. The van der Waals surface area contributed by atoms with Crippen LogP contribution < -0.4 is 16.4 Å². The smallest absolute Gasteiger partial charge is 0.410 e. The second kappa shape index (κ2) is 17.8. The van der Waals surface area contributed by atoms with Gasteiger partial charge in [0.15, 0.2) is 25.0 Å². The molecule has 4 saturated heterocycles. The first-order valence-electron chi connectivity index (χ1n) is 19.0. The molecule has 8 N–H and O–H groups in total. The third-order valence-corrected chi connectivity index (χ3v) is 11.1. The summed E-state index contributed by atoms with van der Waals surface area (Å²) in [4.78, 5) is 40.2. The predicted octanol–water partition coefficient (Wildman–Crippen LogP) is -0.196. The van der Waals surface area contributed by atoms with Crippen LogP contribution in [0.5, 0.6) is 0 Å². The van der Waals surface area contributed by atoms with Crippen LogP contribution in [-0.4, -0.2) is 149 Å². The molecule has 1 saturated carbocycles. The van der Waals surface area contributed by atoms with Gasteiger partial charge in [0.25, 0.3) is 0 Å². The lowest BCUT2D eigenvalue weighted by atomic mass is 9.83. The maximum Gasteiger partial charge on any atom is 0.410 e. The molecule has 0 spiro atoms. The van der Waals surface area contributed by atoms with E-state index in [9.17, 15) is 34.8 Å². The highest BCUT2D eigenvalue weighted by atomic mass is 16.8. The number of amides is 3. The lowest BCUT2D eigenvalue weighted by Crippen LogP contribution is -2.68. The predicted molar refractivity (Wildman–Crippen MR) is 192 cm³/mol. The number of likely N-dealkylation sites (N-methyl/N-ethyl adjacent to an activating group) is 1. The number of aliphatic hydroxyl groups excluding tert-OH is 4. The summed E-state index contributed by atoms with van der Waals surface area (Å²) in [5, 5.41) is 49.1. The van der Waals surface area contributed by atoms with Crippen molar-refractivity contribution in [2.75, 3.05) is 13.7 Å². The number of benzene rings is 2. The minimum absolute atomic E-state index is 0.0337.